The summed E-state index contributed by atoms with van der Waals surface area (Å²) in [6, 6.07) is 0. The summed E-state index contributed by atoms with van der Waals surface area (Å²) < 4.78 is 1.08. The first kappa shape index (κ1) is 14.0. The number of anilines is 1. The lowest BCUT2D eigenvalue weighted by molar-refractivity contribution is 0.749. The molecule has 0 unspecified atom stereocenters. The van der Waals surface area contributed by atoms with E-state index in [0.29, 0.717) is 0 Å². The number of rotatable bonds is 6. The quantitative estimate of drug-likeness (QED) is 0.798. The largest absolute Gasteiger partial charge is 0.369 e. The number of hydrogen-bond acceptors (Lipinski definition) is 4. The highest BCUT2D eigenvalue weighted by Gasteiger charge is 2.04. The van der Waals surface area contributed by atoms with Crippen LogP contribution in [0.15, 0.2) is 6.20 Å². The van der Waals surface area contributed by atoms with Crippen LogP contribution in [0.3, 0.4) is 0 Å². The molecule has 1 heterocycles. The molecule has 16 heavy (non-hydrogen) atoms. The molecule has 0 atom stereocenters. The molecule has 1 N–H and O–H groups in total. The highest BCUT2D eigenvalue weighted by atomic mass is 127. The van der Waals surface area contributed by atoms with E-state index in [1.54, 1.807) is 0 Å². The van der Waals surface area contributed by atoms with E-state index in [9.17, 15) is 0 Å². The van der Waals surface area contributed by atoms with Gasteiger partial charge in [-0.25, -0.2) is 9.97 Å². The Morgan fingerprint density at radius 3 is 2.88 bits per heavy atom. The first-order valence-electron chi connectivity index (χ1n) is 5.46. The number of nitrogens with zero attached hydrogens (tertiary/aromatic N) is 2. The van der Waals surface area contributed by atoms with Gasteiger partial charge in [0.15, 0.2) is 0 Å². The minimum atomic E-state index is 0.724. The Morgan fingerprint density at radius 1 is 1.50 bits per heavy atom. The molecule has 3 nitrogen and oxygen atoms in total. The highest BCUT2D eigenvalue weighted by molar-refractivity contribution is 14.1. The van der Waals surface area contributed by atoms with Crippen LogP contribution in [0, 0.1) is 9.49 Å². The van der Waals surface area contributed by atoms with Crippen molar-refractivity contribution < 1.29 is 0 Å². The minimum Gasteiger partial charge on any atom is -0.369 e. The summed E-state index contributed by atoms with van der Waals surface area (Å²) in [5.41, 5.74) is 0. The lowest BCUT2D eigenvalue weighted by Crippen LogP contribution is -2.05. The summed E-state index contributed by atoms with van der Waals surface area (Å²) in [7, 11) is 0. The molecular formula is C11H18IN3S. The summed E-state index contributed by atoms with van der Waals surface area (Å²) in [4.78, 5) is 8.85. The van der Waals surface area contributed by atoms with Gasteiger partial charge in [0.2, 0.25) is 0 Å². The maximum absolute atomic E-state index is 4.51. The van der Waals surface area contributed by atoms with E-state index in [-0.39, 0.29) is 0 Å². The number of aromatic nitrogens is 2. The molecule has 0 saturated carbocycles. The van der Waals surface area contributed by atoms with Crippen LogP contribution in [0.4, 0.5) is 5.82 Å². The van der Waals surface area contributed by atoms with Gasteiger partial charge in [-0.3, -0.25) is 0 Å². The van der Waals surface area contributed by atoms with Crippen molar-refractivity contribution in [3.05, 3.63) is 15.6 Å². The van der Waals surface area contributed by atoms with Crippen molar-refractivity contribution in [3.8, 4) is 0 Å². The average Bonchev–Trinajstić information content (AvgIpc) is 2.22. The summed E-state index contributed by atoms with van der Waals surface area (Å²) in [6.45, 7) is 7.43. The summed E-state index contributed by atoms with van der Waals surface area (Å²) in [5, 5.41) is 3.25. The van der Waals surface area contributed by atoms with Crippen molar-refractivity contribution in [2.75, 3.05) is 17.6 Å². The van der Waals surface area contributed by atoms with Crippen LogP contribution in [0.1, 0.15) is 26.6 Å². The second-order valence-corrected chi connectivity index (χ2v) is 6.11. The number of thioether (sulfide) groups is 1. The zero-order valence-corrected chi connectivity index (χ0v) is 12.9. The van der Waals surface area contributed by atoms with Crippen LogP contribution in [-0.4, -0.2) is 22.3 Å². The Bertz CT molecular complexity index is 331. The molecule has 0 amide bonds. The van der Waals surface area contributed by atoms with Gasteiger partial charge in [0, 0.05) is 12.7 Å². The van der Waals surface area contributed by atoms with Gasteiger partial charge < -0.3 is 5.32 Å². The molecule has 1 aromatic heterocycles. The van der Waals surface area contributed by atoms with Crippen molar-refractivity contribution in [1.82, 2.24) is 9.97 Å². The predicted octanol–water partition coefficient (Wildman–Crippen LogP) is 3.40. The minimum absolute atomic E-state index is 0.724. The van der Waals surface area contributed by atoms with Crippen molar-refractivity contribution in [1.29, 1.82) is 0 Å². The topological polar surface area (TPSA) is 37.8 Å². The van der Waals surface area contributed by atoms with Crippen LogP contribution >= 0.6 is 34.4 Å². The predicted molar refractivity (Wildman–Crippen MR) is 79.9 cm³/mol. The lowest BCUT2D eigenvalue weighted by atomic mass is 10.3. The summed E-state index contributed by atoms with van der Waals surface area (Å²) in [6.07, 6.45) is 1.89. The Kier molecular flexibility index (Phi) is 6.41. The standard InChI is InChI=1S/C11H18IN3S/c1-4-13-11-9(12)5-14-10(15-11)7-16-6-8(2)3/h5,8H,4,6-7H2,1-3H3,(H,13,14,15). The summed E-state index contributed by atoms with van der Waals surface area (Å²) >= 11 is 4.15. The van der Waals surface area contributed by atoms with E-state index in [1.165, 1.54) is 0 Å². The SMILES string of the molecule is CCNc1nc(CSCC(C)C)ncc1I. The zero-order chi connectivity index (χ0) is 12.0. The third-order valence-electron chi connectivity index (χ3n) is 1.82. The maximum atomic E-state index is 4.51. The van der Waals surface area contributed by atoms with Crippen LogP contribution in [-0.2, 0) is 5.75 Å². The monoisotopic (exact) mass is 351 g/mol. The van der Waals surface area contributed by atoms with Gasteiger partial charge in [-0.1, -0.05) is 13.8 Å². The van der Waals surface area contributed by atoms with E-state index in [4.69, 9.17) is 0 Å². The fourth-order valence-electron chi connectivity index (χ4n) is 1.15. The van der Waals surface area contributed by atoms with E-state index in [0.717, 1.165) is 39.2 Å². The summed E-state index contributed by atoms with van der Waals surface area (Å²) in [5.74, 6) is 4.65. The van der Waals surface area contributed by atoms with E-state index in [2.05, 4.69) is 58.6 Å². The smallest absolute Gasteiger partial charge is 0.143 e. The fraction of sp³-hybridized carbons (Fsp3) is 0.636. The third kappa shape index (κ3) is 4.86. The van der Waals surface area contributed by atoms with Crippen LogP contribution in [0.2, 0.25) is 0 Å². The van der Waals surface area contributed by atoms with Crippen LogP contribution in [0.5, 0.6) is 0 Å². The first-order chi connectivity index (χ1) is 7.63. The second-order valence-electron chi connectivity index (χ2n) is 3.92. The van der Waals surface area contributed by atoms with Gasteiger partial charge in [-0.05, 0) is 41.2 Å². The Balaban J connectivity index is 2.56. The average molecular weight is 351 g/mol. The van der Waals surface area contributed by atoms with Gasteiger partial charge in [-0.15, -0.1) is 0 Å². The molecule has 0 fully saturated rings. The zero-order valence-electron chi connectivity index (χ0n) is 9.96. The third-order valence-corrected chi connectivity index (χ3v) is 3.97. The molecule has 1 rings (SSSR count). The fourth-order valence-corrected chi connectivity index (χ4v) is 2.51. The molecule has 0 aliphatic heterocycles. The number of nitrogens with one attached hydrogen (secondary N) is 1. The molecule has 0 bridgehead atoms. The molecule has 5 heteroatoms. The lowest BCUT2D eigenvalue weighted by Gasteiger charge is -2.07. The van der Waals surface area contributed by atoms with Crippen LogP contribution < -0.4 is 5.32 Å². The first-order valence-corrected chi connectivity index (χ1v) is 7.69. The highest BCUT2D eigenvalue weighted by Crippen LogP contribution is 2.17. The molecule has 90 valence electrons. The van der Waals surface area contributed by atoms with Crippen molar-refractivity contribution in [2.24, 2.45) is 5.92 Å². The normalized spacial score (nSPS) is 10.8. The molecule has 0 aliphatic rings. The molecule has 1 aromatic rings. The molecule has 0 aromatic carbocycles. The van der Waals surface area contributed by atoms with E-state index in [1.807, 2.05) is 18.0 Å². The van der Waals surface area contributed by atoms with Gasteiger partial charge in [0.05, 0.1) is 9.32 Å². The molecule has 0 spiro atoms. The Hall–Kier alpha value is -0.0400. The maximum Gasteiger partial charge on any atom is 0.143 e. The van der Waals surface area contributed by atoms with Gasteiger partial charge in [0.1, 0.15) is 11.6 Å². The molecular weight excluding hydrogens is 333 g/mol. The van der Waals surface area contributed by atoms with Crippen molar-refractivity contribution in [2.45, 2.75) is 26.5 Å². The van der Waals surface area contributed by atoms with E-state index < -0.39 is 0 Å². The van der Waals surface area contributed by atoms with Gasteiger partial charge in [-0.2, -0.15) is 11.8 Å². The van der Waals surface area contributed by atoms with Crippen molar-refractivity contribution in [3.63, 3.8) is 0 Å². The second kappa shape index (κ2) is 7.32. The number of halogens is 1. The molecule has 0 saturated heterocycles. The van der Waals surface area contributed by atoms with Crippen molar-refractivity contribution >= 4 is 40.2 Å². The molecule has 0 radical (unpaired) electrons. The van der Waals surface area contributed by atoms with E-state index >= 15 is 0 Å². The van der Waals surface area contributed by atoms with Gasteiger partial charge in [0.25, 0.3) is 0 Å². The number of hydrogen-bond donors (Lipinski definition) is 1. The van der Waals surface area contributed by atoms with Gasteiger partial charge >= 0.3 is 0 Å². The van der Waals surface area contributed by atoms with Crippen LogP contribution in [0.25, 0.3) is 0 Å². The Morgan fingerprint density at radius 2 is 2.25 bits per heavy atom. The molecule has 0 aliphatic carbocycles. The Labute approximate surface area is 115 Å².